The molecular formula is C9H13ClN2O3. The number of halogens is 1. The standard InChI is InChI=1S/C9H12N2O3.ClH/c1-6(2)5-7(10)8-3-4-9(14-8)11(12)13;/h3-4,7H,1,5,10H2,2H3;1H/t7-;/m1./s1. The monoisotopic (exact) mass is 232 g/mol. The van der Waals surface area contributed by atoms with Crippen molar-refractivity contribution >= 4 is 18.3 Å². The first-order valence-electron chi connectivity index (χ1n) is 4.15. The molecule has 1 atom stereocenters. The molecule has 0 fully saturated rings. The maximum absolute atomic E-state index is 10.3. The van der Waals surface area contributed by atoms with Gasteiger partial charge >= 0.3 is 5.88 Å². The Morgan fingerprint density at radius 1 is 1.73 bits per heavy atom. The molecule has 0 saturated heterocycles. The molecule has 0 aromatic carbocycles. The molecule has 1 rings (SSSR count). The fraction of sp³-hybridized carbons (Fsp3) is 0.333. The van der Waals surface area contributed by atoms with Gasteiger partial charge in [0.05, 0.1) is 12.1 Å². The lowest BCUT2D eigenvalue weighted by Gasteiger charge is -2.06. The maximum Gasteiger partial charge on any atom is 0.433 e. The maximum atomic E-state index is 10.3. The number of rotatable bonds is 4. The fourth-order valence-corrected chi connectivity index (χ4v) is 1.12. The molecular weight excluding hydrogens is 220 g/mol. The number of nitrogens with zero attached hydrogens (tertiary/aromatic N) is 1. The molecule has 0 saturated carbocycles. The van der Waals surface area contributed by atoms with Crippen LogP contribution < -0.4 is 5.73 Å². The molecule has 0 aliphatic rings. The molecule has 5 nitrogen and oxygen atoms in total. The zero-order chi connectivity index (χ0) is 10.7. The van der Waals surface area contributed by atoms with Gasteiger partial charge < -0.3 is 10.2 Å². The van der Waals surface area contributed by atoms with Crippen molar-refractivity contribution in [3.63, 3.8) is 0 Å². The van der Waals surface area contributed by atoms with Gasteiger partial charge in [-0.05, 0) is 19.4 Å². The average Bonchev–Trinajstić information content (AvgIpc) is 2.50. The predicted octanol–water partition coefficient (Wildman–Crippen LogP) is 2.58. The van der Waals surface area contributed by atoms with Gasteiger partial charge in [-0.15, -0.1) is 19.0 Å². The highest BCUT2D eigenvalue weighted by atomic mass is 35.5. The largest absolute Gasteiger partial charge is 0.433 e. The minimum absolute atomic E-state index is 0. The Morgan fingerprint density at radius 3 is 2.73 bits per heavy atom. The van der Waals surface area contributed by atoms with Gasteiger partial charge in [-0.3, -0.25) is 10.1 Å². The first kappa shape index (κ1) is 13.7. The highest BCUT2D eigenvalue weighted by Gasteiger charge is 2.16. The van der Waals surface area contributed by atoms with Crippen molar-refractivity contribution in [2.75, 3.05) is 0 Å². The van der Waals surface area contributed by atoms with Crippen LogP contribution >= 0.6 is 12.4 Å². The molecule has 0 radical (unpaired) electrons. The van der Waals surface area contributed by atoms with Crippen molar-refractivity contribution in [2.24, 2.45) is 5.73 Å². The summed E-state index contributed by atoms with van der Waals surface area (Å²) in [5.41, 5.74) is 6.65. The first-order valence-corrected chi connectivity index (χ1v) is 4.15. The van der Waals surface area contributed by atoms with E-state index in [1.54, 1.807) is 0 Å². The van der Waals surface area contributed by atoms with E-state index < -0.39 is 4.92 Å². The van der Waals surface area contributed by atoms with Crippen LogP contribution in [0.2, 0.25) is 0 Å². The van der Waals surface area contributed by atoms with E-state index in [9.17, 15) is 10.1 Å². The molecule has 1 aromatic heterocycles. The van der Waals surface area contributed by atoms with Crippen molar-refractivity contribution in [2.45, 2.75) is 19.4 Å². The molecule has 15 heavy (non-hydrogen) atoms. The van der Waals surface area contributed by atoms with E-state index >= 15 is 0 Å². The van der Waals surface area contributed by atoms with Gasteiger partial charge in [0.15, 0.2) is 0 Å². The Balaban J connectivity index is 0.00000196. The van der Waals surface area contributed by atoms with E-state index in [2.05, 4.69) is 6.58 Å². The molecule has 1 heterocycles. The fourth-order valence-electron chi connectivity index (χ4n) is 1.12. The number of nitrogens with two attached hydrogens (primary N) is 1. The van der Waals surface area contributed by atoms with Crippen LogP contribution in [0.3, 0.4) is 0 Å². The molecule has 6 heteroatoms. The van der Waals surface area contributed by atoms with E-state index in [0.717, 1.165) is 5.57 Å². The van der Waals surface area contributed by atoms with Crippen LogP contribution in [0, 0.1) is 10.1 Å². The smallest absolute Gasteiger partial charge is 0.404 e. The van der Waals surface area contributed by atoms with E-state index in [4.69, 9.17) is 10.2 Å². The quantitative estimate of drug-likeness (QED) is 0.491. The van der Waals surface area contributed by atoms with Crippen LogP contribution in [0.5, 0.6) is 0 Å². The van der Waals surface area contributed by atoms with Gasteiger partial charge in [-0.2, -0.15) is 0 Å². The highest BCUT2D eigenvalue weighted by molar-refractivity contribution is 5.85. The second kappa shape index (κ2) is 5.53. The summed E-state index contributed by atoms with van der Waals surface area (Å²) in [4.78, 5) is 9.73. The third kappa shape index (κ3) is 3.73. The van der Waals surface area contributed by atoms with Gasteiger partial charge in [-0.25, -0.2) is 0 Å². The number of hydrogen-bond acceptors (Lipinski definition) is 4. The lowest BCUT2D eigenvalue weighted by Crippen LogP contribution is -2.09. The minimum Gasteiger partial charge on any atom is -0.404 e. The lowest BCUT2D eigenvalue weighted by atomic mass is 10.1. The summed E-state index contributed by atoms with van der Waals surface area (Å²) in [5, 5.41) is 10.3. The molecule has 0 amide bonds. The predicted molar refractivity (Wildman–Crippen MR) is 59.0 cm³/mol. The normalized spacial score (nSPS) is 11.6. The molecule has 2 N–H and O–H groups in total. The van der Waals surface area contributed by atoms with Crippen LogP contribution in [-0.2, 0) is 0 Å². The summed E-state index contributed by atoms with van der Waals surface area (Å²) in [5.74, 6) is 0.136. The molecule has 0 aliphatic heterocycles. The zero-order valence-electron chi connectivity index (χ0n) is 8.30. The van der Waals surface area contributed by atoms with Crippen LogP contribution in [0.15, 0.2) is 28.7 Å². The molecule has 0 aliphatic carbocycles. The highest BCUT2D eigenvalue weighted by Crippen LogP contribution is 2.23. The van der Waals surface area contributed by atoms with Gasteiger partial charge in [-0.1, -0.05) is 5.57 Å². The van der Waals surface area contributed by atoms with Crippen LogP contribution in [-0.4, -0.2) is 4.92 Å². The van der Waals surface area contributed by atoms with Gasteiger partial charge in [0.1, 0.15) is 10.7 Å². The Hall–Kier alpha value is -1.33. The summed E-state index contributed by atoms with van der Waals surface area (Å²) < 4.78 is 4.94. The third-order valence-electron chi connectivity index (χ3n) is 1.73. The van der Waals surface area contributed by atoms with Crippen molar-refractivity contribution < 1.29 is 9.34 Å². The molecule has 0 spiro atoms. The van der Waals surface area contributed by atoms with Gasteiger partial charge in [0, 0.05) is 0 Å². The van der Waals surface area contributed by atoms with Crippen molar-refractivity contribution in [1.82, 2.24) is 0 Å². The molecule has 0 bridgehead atoms. The zero-order valence-corrected chi connectivity index (χ0v) is 9.12. The topological polar surface area (TPSA) is 82.3 Å². The first-order chi connectivity index (χ1) is 6.50. The van der Waals surface area contributed by atoms with Crippen LogP contribution in [0.4, 0.5) is 5.88 Å². The van der Waals surface area contributed by atoms with Gasteiger partial charge in [0.25, 0.3) is 0 Å². The molecule has 1 aromatic rings. The van der Waals surface area contributed by atoms with Gasteiger partial charge in [0.2, 0.25) is 0 Å². The molecule has 0 unspecified atom stereocenters. The summed E-state index contributed by atoms with van der Waals surface area (Å²) in [6.07, 6.45) is 0.560. The van der Waals surface area contributed by atoms with Crippen molar-refractivity contribution in [1.29, 1.82) is 0 Å². The van der Waals surface area contributed by atoms with E-state index in [1.807, 2.05) is 6.92 Å². The average molecular weight is 233 g/mol. The van der Waals surface area contributed by atoms with Crippen molar-refractivity contribution in [3.05, 3.63) is 40.2 Å². The Kier molecular flexibility index (Phi) is 5.04. The minimum atomic E-state index is -0.586. The summed E-state index contributed by atoms with van der Waals surface area (Å²) >= 11 is 0. The second-order valence-corrected chi connectivity index (χ2v) is 3.20. The molecule has 84 valence electrons. The third-order valence-corrected chi connectivity index (χ3v) is 1.73. The van der Waals surface area contributed by atoms with Crippen LogP contribution in [0.1, 0.15) is 25.1 Å². The second-order valence-electron chi connectivity index (χ2n) is 3.20. The van der Waals surface area contributed by atoms with Crippen molar-refractivity contribution in [3.8, 4) is 0 Å². The number of nitro groups is 1. The Labute approximate surface area is 93.5 Å². The van der Waals surface area contributed by atoms with E-state index in [-0.39, 0.29) is 24.3 Å². The summed E-state index contributed by atoms with van der Waals surface area (Å²) in [6, 6.07) is 2.46. The van der Waals surface area contributed by atoms with E-state index in [1.165, 1.54) is 12.1 Å². The number of hydrogen-bond donors (Lipinski definition) is 1. The summed E-state index contributed by atoms with van der Waals surface area (Å²) in [7, 11) is 0. The Bertz CT molecular complexity index is 362. The van der Waals surface area contributed by atoms with Crippen LogP contribution in [0.25, 0.3) is 0 Å². The number of furan rings is 1. The Morgan fingerprint density at radius 2 is 2.33 bits per heavy atom. The summed E-state index contributed by atoms with van der Waals surface area (Å²) in [6.45, 7) is 5.55. The SMILES string of the molecule is C=C(C)C[C@@H](N)c1ccc([N+](=O)[O-])o1.Cl. The lowest BCUT2D eigenvalue weighted by molar-refractivity contribution is -0.402. The van der Waals surface area contributed by atoms with E-state index in [0.29, 0.717) is 12.2 Å².